The maximum absolute atomic E-state index is 11.7. The number of rotatable bonds is 10. The molecular formula is C17H26N2O3. The lowest BCUT2D eigenvalue weighted by molar-refractivity contribution is -0.137. The van der Waals surface area contributed by atoms with Crippen LogP contribution in [0.4, 0.5) is 5.69 Å². The number of carbonyl (C=O) groups is 2. The number of carbonyl (C=O) groups excluding carboxylic acids is 2. The largest absolute Gasteiger partial charge is 0.326 e. The first-order valence-corrected chi connectivity index (χ1v) is 7.87. The van der Waals surface area contributed by atoms with Crippen LogP contribution in [0.15, 0.2) is 30.3 Å². The van der Waals surface area contributed by atoms with Gasteiger partial charge in [-0.3, -0.25) is 14.4 Å². The Bertz CT molecular complexity index is 446. The predicted octanol–water partition coefficient (Wildman–Crippen LogP) is 3.42. The monoisotopic (exact) mass is 306 g/mol. The number of hydrogen-bond acceptors (Lipinski definition) is 3. The molecule has 1 aromatic rings. The maximum Gasteiger partial charge on any atom is 0.243 e. The third-order valence-electron chi connectivity index (χ3n) is 3.02. The molecule has 22 heavy (non-hydrogen) atoms. The molecule has 0 aliphatic carbocycles. The van der Waals surface area contributed by atoms with E-state index in [1.54, 1.807) is 0 Å². The lowest BCUT2D eigenvalue weighted by Gasteiger charge is -2.08. The third-order valence-corrected chi connectivity index (χ3v) is 3.02. The molecule has 0 aliphatic rings. The fraction of sp³-hybridized carbons (Fsp3) is 0.529. The zero-order chi connectivity index (χ0) is 16.2. The first kappa shape index (κ1) is 18.2. The van der Waals surface area contributed by atoms with E-state index in [4.69, 9.17) is 4.84 Å². The highest BCUT2D eigenvalue weighted by atomic mass is 16.7. The van der Waals surface area contributed by atoms with Crippen molar-refractivity contribution in [3.05, 3.63) is 30.3 Å². The first-order chi connectivity index (χ1) is 10.6. The Hall–Kier alpha value is -1.88. The Labute approximate surface area is 132 Å². The molecular weight excluding hydrogens is 280 g/mol. The molecule has 1 aromatic carbocycles. The van der Waals surface area contributed by atoms with Crippen LogP contribution in [0.3, 0.4) is 0 Å². The summed E-state index contributed by atoms with van der Waals surface area (Å²) in [7, 11) is 0. The standard InChI is InChI=1S/C17H26N2O3/c1-14(2)22-19-17(21)13-9-4-3-8-12-16(20)18-15-10-6-5-7-11-15/h5-7,10-11,14H,3-4,8-9,12-13H2,1-2H3,(H,18,20)(H,19,21). The fourth-order valence-electron chi connectivity index (χ4n) is 1.90. The Balaban J connectivity index is 1.99. The molecule has 0 saturated carbocycles. The topological polar surface area (TPSA) is 67.4 Å². The quantitative estimate of drug-likeness (QED) is 0.514. The van der Waals surface area contributed by atoms with Gasteiger partial charge in [-0.1, -0.05) is 31.0 Å². The van der Waals surface area contributed by atoms with Gasteiger partial charge in [0, 0.05) is 18.5 Å². The molecule has 122 valence electrons. The first-order valence-electron chi connectivity index (χ1n) is 7.87. The number of amides is 2. The van der Waals surface area contributed by atoms with Gasteiger partial charge in [0.1, 0.15) is 0 Å². The molecule has 5 nitrogen and oxygen atoms in total. The summed E-state index contributed by atoms with van der Waals surface area (Å²) in [6.07, 6.45) is 4.50. The number of unbranched alkanes of at least 4 members (excludes halogenated alkanes) is 3. The summed E-state index contributed by atoms with van der Waals surface area (Å²) in [6.45, 7) is 3.72. The summed E-state index contributed by atoms with van der Waals surface area (Å²) in [6, 6.07) is 9.44. The minimum absolute atomic E-state index is 0.00734. The van der Waals surface area contributed by atoms with E-state index in [0.717, 1.165) is 31.4 Å². The van der Waals surface area contributed by atoms with Crippen molar-refractivity contribution in [2.45, 2.75) is 58.5 Å². The highest BCUT2D eigenvalue weighted by molar-refractivity contribution is 5.90. The van der Waals surface area contributed by atoms with Gasteiger partial charge >= 0.3 is 0 Å². The van der Waals surface area contributed by atoms with E-state index in [9.17, 15) is 9.59 Å². The molecule has 0 radical (unpaired) electrons. The summed E-state index contributed by atoms with van der Waals surface area (Å²) in [4.78, 5) is 28.1. The highest BCUT2D eigenvalue weighted by Gasteiger charge is 2.04. The van der Waals surface area contributed by atoms with Gasteiger partial charge in [0.2, 0.25) is 11.8 Å². The van der Waals surface area contributed by atoms with Crippen molar-refractivity contribution in [2.75, 3.05) is 5.32 Å². The van der Waals surface area contributed by atoms with Gasteiger partial charge in [0.15, 0.2) is 0 Å². The summed E-state index contributed by atoms with van der Waals surface area (Å²) >= 11 is 0. The number of hydroxylamine groups is 1. The number of hydrogen-bond donors (Lipinski definition) is 2. The van der Waals surface area contributed by atoms with Crippen molar-refractivity contribution in [3.8, 4) is 0 Å². The van der Waals surface area contributed by atoms with Gasteiger partial charge < -0.3 is 5.32 Å². The highest BCUT2D eigenvalue weighted by Crippen LogP contribution is 2.09. The van der Waals surface area contributed by atoms with Crippen LogP contribution in [0, 0.1) is 0 Å². The molecule has 2 N–H and O–H groups in total. The lowest BCUT2D eigenvalue weighted by atomic mass is 10.1. The average molecular weight is 306 g/mol. The van der Waals surface area contributed by atoms with E-state index >= 15 is 0 Å². The van der Waals surface area contributed by atoms with E-state index in [2.05, 4.69) is 10.8 Å². The molecule has 0 atom stereocenters. The van der Waals surface area contributed by atoms with Gasteiger partial charge in [0.05, 0.1) is 6.10 Å². The van der Waals surface area contributed by atoms with Gasteiger partial charge in [-0.2, -0.15) is 0 Å². The van der Waals surface area contributed by atoms with Gasteiger partial charge in [-0.15, -0.1) is 0 Å². The van der Waals surface area contributed by atoms with E-state index in [-0.39, 0.29) is 17.9 Å². The molecule has 2 amide bonds. The van der Waals surface area contributed by atoms with Crippen LogP contribution >= 0.6 is 0 Å². The molecule has 1 rings (SSSR count). The summed E-state index contributed by atoms with van der Waals surface area (Å²) in [5, 5.41) is 2.86. The lowest BCUT2D eigenvalue weighted by Crippen LogP contribution is -2.26. The van der Waals surface area contributed by atoms with Crippen LogP contribution in [0.2, 0.25) is 0 Å². The summed E-state index contributed by atoms with van der Waals surface area (Å²) < 4.78 is 0. The van der Waals surface area contributed by atoms with Gasteiger partial charge in [-0.25, -0.2) is 5.48 Å². The molecule has 0 bridgehead atoms. The van der Waals surface area contributed by atoms with Crippen molar-refractivity contribution in [1.82, 2.24) is 5.48 Å². The zero-order valence-electron chi connectivity index (χ0n) is 13.4. The second kappa shape index (κ2) is 10.8. The Morgan fingerprint density at radius 3 is 2.14 bits per heavy atom. The number of anilines is 1. The van der Waals surface area contributed by atoms with Crippen molar-refractivity contribution in [1.29, 1.82) is 0 Å². The Morgan fingerprint density at radius 1 is 0.955 bits per heavy atom. The van der Waals surface area contributed by atoms with E-state index in [1.807, 2.05) is 44.2 Å². The second-order valence-electron chi connectivity index (χ2n) is 5.52. The van der Waals surface area contributed by atoms with Crippen molar-refractivity contribution < 1.29 is 14.4 Å². The van der Waals surface area contributed by atoms with Gasteiger partial charge in [0.25, 0.3) is 0 Å². The van der Waals surface area contributed by atoms with E-state index < -0.39 is 0 Å². The number of benzene rings is 1. The van der Waals surface area contributed by atoms with Crippen LogP contribution in [0.5, 0.6) is 0 Å². The van der Waals surface area contributed by atoms with Crippen LogP contribution in [0.1, 0.15) is 52.4 Å². The van der Waals surface area contributed by atoms with Crippen LogP contribution in [0.25, 0.3) is 0 Å². The summed E-state index contributed by atoms with van der Waals surface area (Å²) in [5.74, 6) is -0.0511. The Morgan fingerprint density at radius 2 is 1.55 bits per heavy atom. The molecule has 5 heteroatoms. The van der Waals surface area contributed by atoms with Crippen molar-refractivity contribution in [2.24, 2.45) is 0 Å². The van der Waals surface area contributed by atoms with E-state index in [0.29, 0.717) is 12.8 Å². The van der Waals surface area contributed by atoms with Crippen LogP contribution < -0.4 is 10.8 Å². The summed E-state index contributed by atoms with van der Waals surface area (Å²) in [5.41, 5.74) is 3.24. The fourth-order valence-corrected chi connectivity index (χ4v) is 1.90. The molecule has 0 heterocycles. The van der Waals surface area contributed by atoms with Crippen LogP contribution in [-0.2, 0) is 14.4 Å². The molecule has 0 unspecified atom stereocenters. The minimum Gasteiger partial charge on any atom is -0.326 e. The second-order valence-corrected chi connectivity index (χ2v) is 5.52. The molecule has 0 aromatic heterocycles. The number of para-hydroxylation sites is 1. The molecule has 0 saturated heterocycles. The van der Waals surface area contributed by atoms with Crippen LogP contribution in [-0.4, -0.2) is 17.9 Å². The zero-order valence-corrected chi connectivity index (χ0v) is 13.4. The third kappa shape index (κ3) is 9.13. The molecule has 0 aliphatic heterocycles. The van der Waals surface area contributed by atoms with Gasteiger partial charge in [-0.05, 0) is 38.8 Å². The molecule has 0 fully saturated rings. The normalized spacial score (nSPS) is 10.5. The predicted molar refractivity (Wildman–Crippen MR) is 87.1 cm³/mol. The minimum atomic E-state index is -0.0875. The Kier molecular flexibility index (Phi) is 8.91. The smallest absolute Gasteiger partial charge is 0.243 e. The average Bonchev–Trinajstić information content (AvgIpc) is 2.49. The molecule has 0 spiro atoms. The van der Waals surface area contributed by atoms with Crippen molar-refractivity contribution >= 4 is 17.5 Å². The van der Waals surface area contributed by atoms with Crippen molar-refractivity contribution in [3.63, 3.8) is 0 Å². The van der Waals surface area contributed by atoms with E-state index in [1.165, 1.54) is 0 Å². The SMILES string of the molecule is CC(C)ONC(=O)CCCCCCC(=O)Nc1ccccc1. The number of nitrogens with one attached hydrogen (secondary N) is 2. The maximum atomic E-state index is 11.7.